The molecule has 5 nitrogen and oxygen atoms in total. The molecule has 0 radical (unpaired) electrons. The first kappa shape index (κ1) is 18.8. The summed E-state index contributed by atoms with van der Waals surface area (Å²) in [6.45, 7) is 7.47. The molecule has 2 fully saturated rings. The third kappa shape index (κ3) is 3.17. The Hall–Kier alpha value is -2.24. The van der Waals surface area contributed by atoms with Crippen LogP contribution in [0.5, 0.6) is 0 Å². The van der Waals surface area contributed by atoms with Gasteiger partial charge in [0.1, 0.15) is 11.7 Å². The van der Waals surface area contributed by atoms with Crippen LogP contribution in [0.15, 0.2) is 42.7 Å². The van der Waals surface area contributed by atoms with Gasteiger partial charge in [0.05, 0.1) is 18.2 Å². The Labute approximate surface area is 173 Å². The summed E-state index contributed by atoms with van der Waals surface area (Å²) in [5, 5.41) is 3.60. The van der Waals surface area contributed by atoms with E-state index in [4.69, 9.17) is 0 Å². The van der Waals surface area contributed by atoms with Crippen molar-refractivity contribution in [3.8, 4) is 0 Å². The summed E-state index contributed by atoms with van der Waals surface area (Å²) in [5.41, 5.74) is 4.90. The maximum atomic E-state index is 12.8. The van der Waals surface area contributed by atoms with Gasteiger partial charge in [-0.2, -0.15) is 0 Å². The number of nitrogens with zero attached hydrogens (tertiary/aromatic N) is 3. The number of carbonyl (C=O) groups is 1. The fourth-order valence-electron chi connectivity index (χ4n) is 5.91. The Balaban J connectivity index is 1.42. The number of likely N-dealkylation sites (tertiary alicyclic amines) is 1. The minimum atomic E-state index is 0.0847. The molecular formula is C24H31N4O+. The number of benzene rings is 1. The summed E-state index contributed by atoms with van der Waals surface area (Å²) in [4.78, 5) is 18.9. The standard InChI is InChI=1S/C24H31N4O/c1-18-4-3-13-28(18,23-8-11-26-16-23)22-7-6-21-17-27(12-9-19(21)14-22)24(29)20-5-2-10-25-15-20/h2,5-7,10,14-15,18,23,26H,3-4,8-9,11-13,16-17H2,1H3/q+1/t18-,23-,28?/m0/s1. The van der Waals surface area contributed by atoms with Gasteiger partial charge in [-0.25, -0.2) is 0 Å². The quantitative estimate of drug-likeness (QED) is 0.818. The zero-order valence-electron chi connectivity index (χ0n) is 17.3. The molecule has 2 saturated heterocycles. The van der Waals surface area contributed by atoms with Crippen LogP contribution in [0, 0.1) is 0 Å². The lowest BCUT2D eigenvalue weighted by atomic mass is 9.96. The highest BCUT2D eigenvalue weighted by atomic mass is 16.2. The van der Waals surface area contributed by atoms with Crippen molar-refractivity contribution in [3.63, 3.8) is 0 Å². The molecule has 2 aromatic rings. The number of hydrogen-bond acceptors (Lipinski definition) is 3. The van der Waals surface area contributed by atoms with Gasteiger partial charge in [-0.05, 0) is 42.7 Å². The molecule has 3 aliphatic heterocycles. The zero-order chi connectivity index (χ0) is 19.8. The average molecular weight is 392 g/mol. The third-order valence-corrected chi connectivity index (χ3v) is 7.50. The Morgan fingerprint density at radius 1 is 1.24 bits per heavy atom. The molecule has 4 heterocycles. The van der Waals surface area contributed by atoms with Gasteiger partial charge in [-0.3, -0.25) is 14.3 Å². The Kier molecular flexibility index (Phi) is 4.88. The van der Waals surface area contributed by atoms with E-state index >= 15 is 0 Å². The van der Waals surface area contributed by atoms with Gasteiger partial charge in [0, 0.05) is 63.9 Å². The van der Waals surface area contributed by atoms with Gasteiger partial charge in [-0.1, -0.05) is 6.07 Å². The van der Waals surface area contributed by atoms with Crippen molar-refractivity contribution in [2.45, 2.75) is 51.2 Å². The molecule has 29 heavy (non-hydrogen) atoms. The SMILES string of the molecule is C[C@H]1CCC[N+]1(c1ccc2c(c1)CCN(C(=O)c1cccnc1)C2)[C@H]1CCNC1. The molecule has 3 aliphatic rings. The number of pyridine rings is 1. The molecule has 1 N–H and O–H groups in total. The summed E-state index contributed by atoms with van der Waals surface area (Å²) >= 11 is 0. The smallest absolute Gasteiger partial charge is 0.255 e. The maximum absolute atomic E-state index is 12.8. The Morgan fingerprint density at radius 2 is 2.17 bits per heavy atom. The fourth-order valence-corrected chi connectivity index (χ4v) is 5.91. The van der Waals surface area contributed by atoms with Gasteiger partial charge in [0.15, 0.2) is 0 Å². The van der Waals surface area contributed by atoms with Crippen LogP contribution in [-0.4, -0.2) is 54.1 Å². The van der Waals surface area contributed by atoms with E-state index in [9.17, 15) is 4.79 Å². The van der Waals surface area contributed by atoms with E-state index < -0.39 is 0 Å². The summed E-state index contributed by atoms with van der Waals surface area (Å²) in [6, 6.07) is 12.2. The first-order chi connectivity index (χ1) is 14.2. The molecule has 1 aromatic carbocycles. The van der Waals surface area contributed by atoms with E-state index in [0.717, 1.165) is 30.5 Å². The topological polar surface area (TPSA) is 45.2 Å². The number of rotatable bonds is 3. The van der Waals surface area contributed by atoms with Crippen molar-refractivity contribution in [1.82, 2.24) is 19.7 Å². The first-order valence-corrected chi connectivity index (χ1v) is 11.1. The lowest BCUT2D eigenvalue weighted by molar-refractivity contribution is 0.0734. The van der Waals surface area contributed by atoms with Crippen molar-refractivity contribution in [1.29, 1.82) is 0 Å². The molecule has 152 valence electrons. The molecule has 1 aromatic heterocycles. The van der Waals surface area contributed by atoms with Gasteiger partial charge in [-0.15, -0.1) is 0 Å². The summed E-state index contributed by atoms with van der Waals surface area (Å²) in [6.07, 6.45) is 8.23. The van der Waals surface area contributed by atoms with Crippen molar-refractivity contribution in [3.05, 3.63) is 59.4 Å². The average Bonchev–Trinajstić information content (AvgIpc) is 3.43. The van der Waals surface area contributed by atoms with E-state index in [1.54, 1.807) is 12.4 Å². The highest BCUT2D eigenvalue weighted by Gasteiger charge is 2.48. The molecule has 0 saturated carbocycles. The fraction of sp³-hybridized carbons (Fsp3) is 0.500. The van der Waals surface area contributed by atoms with Gasteiger partial charge in [0.2, 0.25) is 0 Å². The summed E-state index contributed by atoms with van der Waals surface area (Å²) in [5.74, 6) is 0.0847. The van der Waals surface area contributed by atoms with Gasteiger partial charge in [0.25, 0.3) is 5.91 Å². The first-order valence-electron chi connectivity index (χ1n) is 11.1. The molecule has 3 atom stereocenters. The largest absolute Gasteiger partial charge is 0.334 e. The molecule has 5 heteroatoms. The van der Waals surface area contributed by atoms with Crippen molar-refractivity contribution in [2.75, 3.05) is 26.2 Å². The molecular weight excluding hydrogens is 360 g/mol. The highest BCUT2D eigenvalue weighted by molar-refractivity contribution is 5.94. The lowest BCUT2D eigenvalue weighted by Gasteiger charge is -2.44. The predicted octanol–water partition coefficient (Wildman–Crippen LogP) is 3.13. The molecule has 1 unspecified atom stereocenters. The number of amides is 1. The Bertz CT molecular complexity index is 893. The van der Waals surface area contributed by atoms with Crippen LogP contribution < -0.4 is 9.80 Å². The van der Waals surface area contributed by atoms with Crippen LogP contribution in [0.4, 0.5) is 5.69 Å². The molecule has 0 spiro atoms. The van der Waals surface area contributed by atoms with Crippen LogP contribution in [-0.2, 0) is 13.0 Å². The number of nitrogens with one attached hydrogen (secondary N) is 1. The second-order valence-corrected chi connectivity index (χ2v) is 8.96. The minimum Gasteiger partial charge on any atom is -0.334 e. The van der Waals surface area contributed by atoms with E-state index in [0.29, 0.717) is 24.2 Å². The third-order valence-electron chi connectivity index (χ3n) is 7.50. The summed E-state index contributed by atoms with van der Waals surface area (Å²) < 4.78 is 1.15. The van der Waals surface area contributed by atoms with Crippen LogP contribution in [0.2, 0.25) is 0 Å². The second kappa shape index (κ2) is 7.54. The molecule has 0 bridgehead atoms. The van der Waals surface area contributed by atoms with Crippen LogP contribution in [0.3, 0.4) is 0 Å². The second-order valence-electron chi connectivity index (χ2n) is 8.96. The number of aromatic nitrogens is 1. The number of fused-ring (bicyclic) bond motifs is 1. The normalized spacial score (nSPS) is 29.1. The van der Waals surface area contributed by atoms with Gasteiger partial charge >= 0.3 is 0 Å². The van der Waals surface area contributed by atoms with Gasteiger partial charge < -0.3 is 10.2 Å². The van der Waals surface area contributed by atoms with Crippen LogP contribution in [0.1, 0.15) is 47.7 Å². The lowest BCUT2D eigenvalue weighted by Crippen LogP contribution is -2.59. The van der Waals surface area contributed by atoms with E-state index in [2.05, 4.69) is 35.4 Å². The van der Waals surface area contributed by atoms with E-state index in [1.165, 1.54) is 42.6 Å². The number of hydrogen-bond donors (Lipinski definition) is 1. The highest BCUT2D eigenvalue weighted by Crippen LogP contribution is 2.40. The minimum absolute atomic E-state index is 0.0847. The molecule has 1 amide bonds. The maximum Gasteiger partial charge on any atom is 0.255 e. The molecule has 0 aliphatic carbocycles. The van der Waals surface area contributed by atoms with Crippen LogP contribution in [0.25, 0.3) is 0 Å². The zero-order valence-corrected chi connectivity index (χ0v) is 17.3. The summed E-state index contributed by atoms with van der Waals surface area (Å²) in [7, 11) is 0. The van der Waals surface area contributed by atoms with Crippen LogP contribution >= 0.6 is 0 Å². The van der Waals surface area contributed by atoms with E-state index in [1.807, 2.05) is 17.0 Å². The van der Waals surface area contributed by atoms with Crippen molar-refractivity contribution in [2.24, 2.45) is 0 Å². The number of carbonyl (C=O) groups excluding carboxylic acids is 1. The number of quaternary nitrogens is 1. The molecule has 5 rings (SSSR count). The van der Waals surface area contributed by atoms with E-state index in [-0.39, 0.29) is 5.91 Å². The predicted molar refractivity (Wildman–Crippen MR) is 116 cm³/mol. The van der Waals surface area contributed by atoms with Crippen molar-refractivity contribution >= 4 is 11.6 Å². The monoisotopic (exact) mass is 391 g/mol. The van der Waals surface area contributed by atoms with Crippen molar-refractivity contribution < 1.29 is 4.79 Å². The Morgan fingerprint density at radius 3 is 2.90 bits per heavy atom.